The highest BCUT2D eigenvalue weighted by Gasteiger charge is 2.44. The number of amides is 3. The zero-order chi connectivity index (χ0) is 42.6. The van der Waals surface area contributed by atoms with E-state index in [2.05, 4.69) is 35.8 Å². The molecule has 15 nitrogen and oxygen atoms in total. The lowest BCUT2D eigenvalue weighted by Crippen LogP contribution is -2.58. The maximum atomic E-state index is 14.1. The van der Waals surface area contributed by atoms with Gasteiger partial charge in [0.05, 0.1) is 34.1 Å². The van der Waals surface area contributed by atoms with Gasteiger partial charge < -0.3 is 36.4 Å². The van der Waals surface area contributed by atoms with Gasteiger partial charge in [-0.1, -0.05) is 57.2 Å². The summed E-state index contributed by atoms with van der Waals surface area (Å²) in [6, 6.07) is 14.9. The van der Waals surface area contributed by atoms with Crippen molar-refractivity contribution in [1.29, 1.82) is 0 Å². The Hall–Kier alpha value is -5.71. The van der Waals surface area contributed by atoms with Crippen molar-refractivity contribution in [3.05, 3.63) is 83.8 Å². The smallest absolute Gasteiger partial charge is 0.246 e. The molecule has 2 aromatic carbocycles. The van der Waals surface area contributed by atoms with Crippen LogP contribution in [0.25, 0.3) is 32.8 Å². The number of nitrogen functional groups attached to an aromatic ring is 1. The second-order valence-electron chi connectivity index (χ2n) is 17.0. The number of para-hydroxylation sites is 1. The molecule has 0 spiro atoms. The van der Waals surface area contributed by atoms with Crippen LogP contribution < -0.4 is 16.4 Å². The number of phenols is 1. The van der Waals surface area contributed by atoms with Crippen LogP contribution in [0.3, 0.4) is 0 Å². The monoisotopic (exact) mass is 834 g/mol. The highest BCUT2D eigenvalue weighted by molar-refractivity contribution is 7.13. The number of likely N-dealkylation sites (tertiary alicyclic amines) is 2. The molecule has 4 atom stereocenters. The summed E-state index contributed by atoms with van der Waals surface area (Å²) in [6.45, 7) is 10.8. The highest BCUT2D eigenvalue weighted by atomic mass is 32.1. The molecule has 16 heteroatoms. The minimum atomic E-state index is -0.893. The number of hydrogen-bond acceptors (Lipinski definition) is 12. The van der Waals surface area contributed by atoms with E-state index in [1.54, 1.807) is 41.8 Å². The van der Waals surface area contributed by atoms with Gasteiger partial charge in [0.15, 0.2) is 5.82 Å². The predicted octanol–water partition coefficient (Wildman–Crippen LogP) is 4.64. The van der Waals surface area contributed by atoms with E-state index in [9.17, 15) is 24.6 Å². The average molecular weight is 835 g/mol. The summed E-state index contributed by atoms with van der Waals surface area (Å²) >= 11 is 1.58. The van der Waals surface area contributed by atoms with Crippen LogP contribution in [0.1, 0.15) is 57.7 Å². The molecule has 2 fully saturated rings. The van der Waals surface area contributed by atoms with Crippen molar-refractivity contribution < 1.29 is 24.6 Å². The van der Waals surface area contributed by atoms with E-state index >= 15 is 0 Å². The normalized spacial score (nSPS) is 18.9. The summed E-state index contributed by atoms with van der Waals surface area (Å²) in [5, 5.41) is 39.8. The van der Waals surface area contributed by atoms with Gasteiger partial charge in [0, 0.05) is 68.5 Å². The van der Waals surface area contributed by atoms with Crippen molar-refractivity contribution in [2.45, 2.75) is 84.7 Å². The second kappa shape index (κ2) is 18.3. The fraction of sp³-hybridized carbons (Fsp3) is 0.432. The number of aromatic hydroxyl groups is 1. The Morgan fingerprint density at radius 3 is 2.55 bits per heavy atom. The van der Waals surface area contributed by atoms with Crippen LogP contribution in [-0.4, -0.2) is 107 Å². The Morgan fingerprint density at radius 2 is 1.82 bits per heavy atom. The van der Waals surface area contributed by atoms with Crippen LogP contribution in [0.15, 0.2) is 72.5 Å². The summed E-state index contributed by atoms with van der Waals surface area (Å²) in [6.07, 6.45) is 5.17. The van der Waals surface area contributed by atoms with Gasteiger partial charge in [0.2, 0.25) is 17.7 Å². The van der Waals surface area contributed by atoms with Gasteiger partial charge in [-0.25, -0.2) is 4.98 Å². The minimum absolute atomic E-state index is 0.0152. The number of aryl methyl sites for hydroxylation is 1. The molecule has 0 saturated carbocycles. The Bertz CT molecular complexity index is 2300. The van der Waals surface area contributed by atoms with E-state index in [1.807, 2.05) is 74.4 Å². The van der Waals surface area contributed by atoms with Gasteiger partial charge in [-0.2, -0.15) is 5.10 Å². The molecule has 6 N–H and O–H groups in total. The molecule has 0 bridgehead atoms. The first-order valence-corrected chi connectivity index (χ1v) is 21.3. The molecular weight excluding hydrogens is 781 g/mol. The maximum Gasteiger partial charge on any atom is 0.246 e. The van der Waals surface area contributed by atoms with E-state index < -0.39 is 23.6 Å². The standard InChI is InChI=1S/C44H54N10O5S/c1-27-39(60-26-47-27)30-13-11-28(12-14-30)20-46-42(58)36-18-32(55)25-54(36)43(59)40(44(2,3)4)49-38(57)15-17-52-16-7-8-29(22-52)23-53-24-31(21-48-53)34-19-35(50-51-41(34)45)33-9-5-6-10-37(33)56/h5-6,9-14,19,21,24,26,29,32,36,40,55-56H,7-8,15-18,20,22-23,25H2,1-4H3,(H2,45,51)(H,46,58)(H,49,57)/t29-,32-,36?,40-/m1/s1. The molecule has 3 aromatic heterocycles. The molecule has 2 aliphatic rings. The molecule has 2 aliphatic heterocycles. The highest BCUT2D eigenvalue weighted by Crippen LogP contribution is 2.33. The number of nitrogens with two attached hydrogens (primary N) is 1. The molecule has 3 amide bonds. The first-order chi connectivity index (χ1) is 28.7. The van der Waals surface area contributed by atoms with Crippen molar-refractivity contribution >= 4 is 34.9 Å². The first-order valence-electron chi connectivity index (χ1n) is 20.4. The number of thiazole rings is 1. The number of piperidine rings is 1. The van der Waals surface area contributed by atoms with E-state index in [1.165, 1.54) is 4.90 Å². The summed E-state index contributed by atoms with van der Waals surface area (Å²) in [5.41, 5.74) is 12.9. The number of carbonyl (C=O) groups is 3. The molecule has 316 valence electrons. The molecule has 1 unspecified atom stereocenters. The lowest BCUT2D eigenvalue weighted by Gasteiger charge is -2.36. The van der Waals surface area contributed by atoms with Gasteiger partial charge in [-0.3, -0.25) is 19.1 Å². The van der Waals surface area contributed by atoms with E-state index in [0.717, 1.165) is 53.2 Å². The largest absolute Gasteiger partial charge is 0.507 e. The Labute approximate surface area is 354 Å². The van der Waals surface area contributed by atoms with Crippen molar-refractivity contribution in [2.24, 2.45) is 11.3 Å². The van der Waals surface area contributed by atoms with Crippen molar-refractivity contribution in [1.82, 2.24) is 45.4 Å². The van der Waals surface area contributed by atoms with E-state index in [4.69, 9.17) is 5.73 Å². The summed E-state index contributed by atoms with van der Waals surface area (Å²) in [4.78, 5) is 50.3. The van der Waals surface area contributed by atoms with Gasteiger partial charge in [-0.15, -0.1) is 21.5 Å². The third-order valence-electron chi connectivity index (χ3n) is 11.4. The number of carbonyl (C=O) groups excluding carboxylic acids is 3. The molecular formula is C44H54N10O5S. The zero-order valence-electron chi connectivity index (χ0n) is 34.5. The molecule has 5 aromatic rings. The van der Waals surface area contributed by atoms with Crippen LogP contribution in [0.2, 0.25) is 0 Å². The van der Waals surface area contributed by atoms with Crippen LogP contribution >= 0.6 is 11.3 Å². The molecule has 7 rings (SSSR count). The van der Waals surface area contributed by atoms with Crippen LogP contribution in [-0.2, 0) is 27.5 Å². The number of anilines is 1. The number of aromatic nitrogens is 5. The summed E-state index contributed by atoms with van der Waals surface area (Å²) in [5.74, 6) is -0.288. The first kappa shape index (κ1) is 42.4. The molecule has 0 aliphatic carbocycles. The number of rotatable bonds is 13. The van der Waals surface area contributed by atoms with Crippen LogP contribution in [0, 0.1) is 18.3 Å². The number of aliphatic hydroxyl groups is 1. The number of benzene rings is 2. The molecule has 5 heterocycles. The van der Waals surface area contributed by atoms with Crippen molar-refractivity contribution in [2.75, 3.05) is 31.9 Å². The SMILES string of the molecule is Cc1ncsc1-c1ccc(CNC(=O)C2C[C@@H](O)CN2C(=O)[C@@H](NC(=O)CCN2CCC[C@@H](Cn3cc(-c4cc(-c5ccccc5O)nnc4N)cn3)C2)C(C)(C)C)cc1. The van der Waals surface area contributed by atoms with E-state index in [-0.39, 0.29) is 55.2 Å². The molecule has 0 radical (unpaired) electrons. The summed E-state index contributed by atoms with van der Waals surface area (Å²) < 4.78 is 1.90. The Kier molecular flexibility index (Phi) is 12.9. The fourth-order valence-electron chi connectivity index (χ4n) is 8.10. The maximum absolute atomic E-state index is 14.1. The summed E-state index contributed by atoms with van der Waals surface area (Å²) in [7, 11) is 0. The zero-order valence-corrected chi connectivity index (χ0v) is 35.4. The third kappa shape index (κ3) is 10.00. The van der Waals surface area contributed by atoms with Crippen LogP contribution in [0.4, 0.5) is 5.82 Å². The quantitative estimate of drug-likeness (QED) is 0.111. The third-order valence-corrected chi connectivity index (χ3v) is 12.3. The Morgan fingerprint density at radius 1 is 1.03 bits per heavy atom. The number of nitrogens with zero attached hydrogens (tertiary/aromatic N) is 7. The van der Waals surface area contributed by atoms with Crippen molar-refractivity contribution in [3.63, 3.8) is 0 Å². The number of aliphatic hydroxyl groups excluding tert-OH is 1. The number of β-amino-alcohol motifs (C(OH)–C–C–N with tert-alkyl or cyclic N) is 1. The van der Waals surface area contributed by atoms with Crippen molar-refractivity contribution in [3.8, 4) is 38.6 Å². The number of hydrogen-bond donors (Lipinski definition) is 5. The predicted molar refractivity (Wildman–Crippen MR) is 230 cm³/mol. The molecule has 2 saturated heterocycles. The van der Waals surface area contributed by atoms with Gasteiger partial charge >= 0.3 is 0 Å². The number of nitrogens with one attached hydrogen (secondary N) is 2. The second-order valence-corrected chi connectivity index (χ2v) is 17.9. The molecule has 60 heavy (non-hydrogen) atoms. The number of phenolic OH excluding ortho intramolecular Hbond substituents is 1. The Balaban J connectivity index is 0.914. The van der Waals surface area contributed by atoms with Crippen LogP contribution in [0.5, 0.6) is 5.75 Å². The lowest BCUT2D eigenvalue weighted by molar-refractivity contribution is -0.144. The average Bonchev–Trinajstić information content (AvgIpc) is 3.98. The topological polar surface area (TPSA) is 205 Å². The lowest BCUT2D eigenvalue weighted by atomic mass is 9.85. The van der Waals surface area contributed by atoms with Gasteiger partial charge in [0.1, 0.15) is 17.8 Å². The van der Waals surface area contributed by atoms with Gasteiger partial charge in [-0.05, 0) is 67.0 Å². The minimum Gasteiger partial charge on any atom is -0.507 e. The van der Waals surface area contributed by atoms with Gasteiger partial charge in [0.25, 0.3) is 0 Å². The fourth-order valence-corrected chi connectivity index (χ4v) is 8.91. The van der Waals surface area contributed by atoms with E-state index in [0.29, 0.717) is 35.8 Å².